The average Bonchev–Trinajstić information content (AvgIpc) is 2.71. The fourth-order valence-corrected chi connectivity index (χ4v) is 3.52. The van der Waals surface area contributed by atoms with E-state index in [1.807, 2.05) is 7.05 Å². The summed E-state index contributed by atoms with van der Waals surface area (Å²) in [7, 11) is 1.83. The highest BCUT2D eigenvalue weighted by Crippen LogP contribution is 2.16. The molecule has 0 atom stereocenters. The summed E-state index contributed by atoms with van der Waals surface area (Å²) in [6.45, 7) is 9.87. The van der Waals surface area contributed by atoms with Gasteiger partial charge in [0.15, 0.2) is 5.96 Å². The number of nitrogens with one attached hydrogen (secondary N) is 2. The first-order valence-electron chi connectivity index (χ1n) is 9.83. The van der Waals surface area contributed by atoms with Crippen LogP contribution in [0.5, 0.6) is 0 Å². The Morgan fingerprint density at radius 2 is 1.79 bits per heavy atom. The van der Waals surface area contributed by atoms with Crippen LogP contribution < -0.4 is 10.6 Å². The number of guanidine groups is 1. The number of morpholine rings is 1. The summed E-state index contributed by atoms with van der Waals surface area (Å²) in [5, 5.41) is 9.50. The number of nitrogens with zero attached hydrogens (tertiary/aromatic N) is 2. The van der Waals surface area contributed by atoms with Gasteiger partial charge in [-0.25, -0.2) is 0 Å². The quantitative estimate of drug-likeness (QED) is 0.366. The highest BCUT2D eigenvalue weighted by Gasteiger charge is 2.28. The van der Waals surface area contributed by atoms with Crippen molar-refractivity contribution in [3.8, 4) is 0 Å². The molecule has 28 heavy (non-hydrogen) atoms. The summed E-state index contributed by atoms with van der Waals surface area (Å²) < 4.78 is 5.47. The van der Waals surface area contributed by atoms with Crippen molar-refractivity contribution in [1.82, 2.24) is 15.5 Å². The van der Waals surface area contributed by atoms with Crippen molar-refractivity contribution in [3.63, 3.8) is 0 Å². The van der Waals surface area contributed by atoms with Crippen LogP contribution in [0.4, 0.5) is 0 Å². The molecule has 1 saturated heterocycles. The van der Waals surface area contributed by atoms with Crippen LogP contribution in [0.1, 0.15) is 19.4 Å². The maximum Gasteiger partial charge on any atom is 0.191 e. The van der Waals surface area contributed by atoms with Crippen LogP contribution in [0.2, 0.25) is 0 Å². The van der Waals surface area contributed by atoms with Crippen LogP contribution >= 0.6 is 24.0 Å². The lowest BCUT2D eigenvalue weighted by molar-refractivity contribution is -0.00833. The van der Waals surface area contributed by atoms with E-state index in [9.17, 15) is 0 Å². The van der Waals surface area contributed by atoms with Gasteiger partial charge < -0.3 is 15.4 Å². The first kappa shape index (κ1) is 22.9. The first-order chi connectivity index (χ1) is 13.1. The molecule has 5 nitrogen and oxygen atoms in total. The molecule has 2 aromatic carbocycles. The van der Waals surface area contributed by atoms with E-state index in [1.165, 1.54) is 16.3 Å². The maximum atomic E-state index is 5.47. The molecule has 0 unspecified atom stereocenters. The molecule has 0 bridgehead atoms. The van der Waals surface area contributed by atoms with Gasteiger partial charge in [0.25, 0.3) is 0 Å². The van der Waals surface area contributed by atoms with E-state index in [2.05, 4.69) is 76.8 Å². The minimum absolute atomic E-state index is 0. The van der Waals surface area contributed by atoms with Gasteiger partial charge in [-0.15, -0.1) is 24.0 Å². The summed E-state index contributed by atoms with van der Waals surface area (Å²) >= 11 is 0. The fraction of sp³-hybridized carbons (Fsp3) is 0.500. The van der Waals surface area contributed by atoms with Gasteiger partial charge in [0.1, 0.15) is 0 Å². The minimum Gasteiger partial charge on any atom is -0.379 e. The Hall–Kier alpha value is -1.38. The number of aliphatic imine (C=N–C) groups is 1. The molecule has 1 heterocycles. The van der Waals surface area contributed by atoms with Gasteiger partial charge in [0.05, 0.1) is 13.2 Å². The molecule has 6 heteroatoms. The number of halogens is 1. The van der Waals surface area contributed by atoms with Crippen molar-refractivity contribution < 1.29 is 4.74 Å². The molecule has 1 fully saturated rings. The Kier molecular flexibility index (Phi) is 8.98. The number of hydrogen-bond acceptors (Lipinski definition) is 3. The Morgan fingerprint density at radius 1 is 1.07 bits per heavy atom. The van der Waals surface area contributed by atoms with Crippen LogP contribution in [0.3, 0.4) is 0 Å². The highest BCUT2D eigenvalue weighted by atomic mass is 127. The predicted molar refractivity (Wildman–Crippen MR) is 129 cm³/mol. The molecule has 0 aliphatic carbocycles. The van der Waals surface area contributed by atoms with E-state index in [-0.39, 0.29) is 29.5 Å². The molecule has 3 rings (SSSR count). The number of hydrogen-bond donors (Lipinski definition) is 2. The predicted octanol–water partition coefficient (Wildman–Crippen LogP) is 3.28. The second-order valence-electron chi connectivity index (χ2n) is 7.70. The number of rotatable bonds is 6. The summed E-state index contributed by atoms with van der Waals surface area (Å²) in [5.74, 6) is 0.858. The normalized spacial score (nSPS) is 15.9. The molecule has 0 saturated carbocycles. The zero-order valence-corrected chi connectivity index (χ0v) is 19.5. The topological polar surface area (TPSA) is 48.9 Å². The van der Waals surface area contributed by atoms with Gasteiger partial charge in [-0.1, -0.05) is 42.5 Å². The third kappa shape index (κ3) is 6.32. The van der Waals surface area contributed by atoms with Crippen LogP contribution in [0, 0.1) is 0 Å². The summed E-state index contributed by atoms with van der Waals surface area (Å²) in [4.78, 5) is 6.85. The van der Waals surface area contributed by atoms with Crippen molar-refractivity contribution in [2.24, 2.45) is 4.99 Å². The first-order valence-corrected chi connectivity index (χ1v) is 9.83. The lowest BCUT2D eigenvalue weighted by atomic mass is 10.0. The van der Waals surface area contributed by atoms with Gasteiger partial charge >= 0.3 is 0 Å². The molecule has 2 N–H and O–H groups in total. The molecule has 2 aromatic rings. The van der Waals surface area contributed by atoms with Crippen molar-refractivity contribution in [2.75, 3.05) is 46.4 Å². The van der Waals surface area contributed by atoms with Gasteiger partial charge in [-0.3, -0.25) is 9.89 Å². The van der Waals surface area contributed by atoms with E-state index < -0.39 is 0 Å². The minimum atomic E-state index is 0. The highest BCUT2D eigenvalue weighted by molar-refractivity contribution is 14.0. The van der Waals surface area contributed by atoms with Crippen LogP contribution in [-0.4, -0.2) is 62.8 Å². The van der Waals surface area contributed by atoms with Crippen molar-refractivity contribution in [1.29, 1.82) is 0 Å². The van der Waals surface area contributed by atoms with E-state index in [0.29, 0.717) is 0 Å². The van der Waals surface area contributed by atoms with Gasteiger partial charge in [-0.05, 0) is 36.6 Å². The summed E-state index contributed by atoms with van der Waals surface area (Å²) in [6, 6.07) is 15.2. The second-order valence-corrected chi connectivity index (χ2v) is 7.70. The SMILES string of the molecule is CN=C(NCCc1ccc2ccccc2c1)NCC(C)(C)N1CCOCC1.I. The molecular weight excluding hydrogens is 463 g/mol. The van der Waals surface area contributed by atoms with Crippen LogP contribution in [0.25, 0.3) is 10.8 Å². The second kappa shape index (κ2) is 11.0. The molecule has 0 spiro atoms. The smallest absolute Gasteiger partial charge is 0.191 e. The Morgan fingerprint density at radius 3 is 2.50 bits per heavy atom. The van der Waals surface area contributed by atoms with Crippen molar-refractivity contribution in [3.05, 3.63) is 48.0 Å². The largest absolute Gasteiger partial charge is 0.379 e. The van der Waals surface area contributed by atoms with Crippen LogP contribution in [-0.2, 0) is 11.2 Å². The van der Waals surface area contributed by atoms with Gasteiger partial charge in [0.2, 0.25) is 0 Å². The number of fused-ring (bicyclic) bond motifs is 1. The summed E-state index contributed by atoms with van der Waals surface area (Å²) in [6.07, 6.45) is 0.971. The molecule has 0 amide bonds. The lowest BCUT2D eigenvalue weighted by Gasteiger charge is -2.41. The third-order valence-electron chi connectivity index (χ3n) is 5.30. The summed E-state index contributed by atoms with van der Waals surface area (Å²) in [5.41, 5.74) is 1.41. The third-order valence-corrected chi connectivity index (χ3v) is 5.30. The molecule has 1 aliphatic heterocycles. The van der Waals surface area contributed by atoms with Gasteiger partial charge in [0, 0.05) is 38.8 Å². The van der Waals surface area contributed by atoms with E-state index in [4.69, 9.17) is 4.74 Å². The molecule has 1 aliphatic rings. The van der Waals surface area contributed by atoms with E-state index >= 15 is 0 Å². The van der Waals surface area contributed by atoms with Crippen molar-refractivity contribution >= 4 is 40.7 Å². The zero-order valence-electron chi connectivity index (χ0n) is 17.2. The monoisotopic (exact) mass is 496 g/mol. The van der Waals surface area contributed by atoms with Crippen molar-refractivity contribution in [2.45, 2.75) is 25.8 Å². The number of benzene rings is 2. The lowest BCUT2D eigenvalue weighted by Crippen LogP contribution is -2.56. The molecule has 0 aromatic heterocycles. The fourth-order valence-electron chi connectivity index (χ4n) is 3.52. The maximum absolute atomic E-state index is 5.47. The Labute approximate surface area is 185 Å². The number of ether oxygens (including phenoxy) is 1. The van der Waals surface area contributed by atoms with E-state index in [0.717, 1.165) is 51.8 Å². The average molecular weight is 496 g/mol. The zero-order chi connectivity index (χ0) is 19.1. The molecular formula is C22H33IN4O. The van der Waals surface area contributed by atoms with Gasteiger partial charge in [-0.2, -0.15) is 0 Å². The van der Waals surface area contributed by atoms with E-state index in [1.54, 1.807) is 0 Å². The molecule has 0 radical (unpaired) electrons. The standard InChI is InChI=1S/C22H32N4O.HI/c1-22(2,26-12-14-27-15-13-26)17-25-21(23-3)24-11-10-18-8-9-19-6-4-5-7-20(19)16-18;/h4-9,16H,10-15,17H2,1-3H3,(H2,23,24,25);1H. The van der Waals surface area contributed by atoms with Crippen LogP contribution in [0.15, 0.2) is 47.5 Å². The molecule has 154 valence electrons. The Bertz CT molecular complexity index is 772. The Balaban J connectivity index is 0.00000280.